The summed E-state index contributed by atoms with van der Waals surface area (Å²) in [6.45, 7) is 0.159. The average molecular weight is 452 g/mol. The fourth-order valence-electron chi connectivity index (χ4n) is 4.86. The van der Waals surface area contributed by atoms with Crippen LogP contribution in [0.2, 0.25) is 5.02 Å². The van der Waals surface area contributed by atoms with E-state index >= 15 is 0 Å². The molecule has 2 heterocycles. The molecule has 7 heteroatoms. The van der Waals surface area contributed by atoms with Crippen molar-refractivity contribution in [1.82, 2.24) is 14.5 Å². The molecule has 2 aromatic heterocycles. The fourth-order valence-corrected chi connectivity index (χ4v) is 5.10. The van der Waals surface area contributed by atoms with Crippen LogP contribution in [0.25, 0.3) is 21.8 Å². The molecule has 164 valence electrons. The van der Waals surface area contributed by atoms with E-state index in [0.29, 0.717) is 22.0 Å². The zero-order chi connectivity index (χ0) is 22.4. The third-order valence-corrected chi connectivity index (χ3v) is 6.85. The molecule has 0 atom stereocenters. The summed E-state index contributed by atoms with van der Waals surface area (Å²) in [5.41, 5.74) is 2.45. The van der Waals surface area contributed by atoms with Crippen LogP contribution >= 0.6 is 11.6 Å². The maximum atomic E-state index is 13.5. The van der Waals surface area contributed by atoms with Crippen molar-refractivity contribution < 1.29 is 9.18 Å². The van der Waals surface area contributed by atoms with Crippen LogP contribution in [0.1, 0.15) is 47.6 Å². The summed E-state index contributed by atoms with van der Waals surface area (Å²) < 4.78 is 17.0. The Bertz CT molecular complexity index is 1420. The summed E-state index contributed by atoms with van der Waals surface area (Å²) in [7, 11) is 1.87. The summed E-state index contributed by atoms with van der Waals surface area (Å²) in [6, 6.07) is 11.9. The van der Waals surface area contributed by atoms with Gasteiger partial charge in [0, 0.05) is 47.1 Å². The highest BCUT2D eigenvalue weighted by atomic mass is 35.5. The van der Waals surface area contributed by atoms with Crippen LogP contribution in [-0.4, -0.2) is 15.0 Å². The second-order valence-electron chi connectivity index (χ2n) is 8.41. The van der Waals surface area contributed by atoms with Crippen molar-refractivity contribution in [2.24, 2.45) is 7.05 Å². The lowest BCUT2D eigenvalue weighted by atomic mass is 10.1. The summed E-state index contributed by atoms with van der Waals surface area (Å²) in [5.74, 6) is -0.718. The molecule has 1 fully saturated rings. The number of para-hydroxylation sites is 1. The number of pyridine rings is 1. The average Bonchev–Trinajstić information content (AvgIpc) is 3.41. The third kappa shape index (κ3) is 3.39. The minimum atomic E-state index is -0.425. The number of amides is 1. The molecule has 1 aliphatic carbocycles. The highest BCUT2D eigenvalue weighted by Crippen LogP contribution is 2.33. The van der Waals surface area contributed by atoms with Crippen LogP contribution in [0.15, 0.2) is 53.5 Å². The number of carbonyl (C=O) groups is 1. The molecule has 5 nitrogen and oxygen atoms in total. The number of aromatic nitrogens is 2. The van der Waals surface area contributed by atoms with E-state index in [9.17, 15) is 14.0 Å². The number of benzene rings is 2. The van der Waals surface area contributed by atoms with Crippen LogP contribution < -0.4 is 10.9 Å². The molecule has 0 saturated heterocycles. The number of halogens is 2. The van der Waals surface area contributed by atoms with E-state index in [1.807, 2.05) is 35.9 Å². The van der Waals surface area contributed by atoms with Crippen molar-refractivity contribution in [3.63, 3.8) is 0 Å². The predicted molar refractivity (Wildman–Crippen MR) is 125 cm³/mol. The van der Waals surface area contributed by atoms with Gasteiger partial charge in [-0.1, -0.05) is 48.7 Å². The molecule has 0 bridgehead atoms. The number of carbonyl (C=O) groups excluding carboxylic acids is 1. The van der Waals surface area contributed by atoms with Gasteiger partial charge >= 0.3 is 0 Å². The zero-order valence-electron chi connectivity index (χ0n) is 17.7. The number of hydrogen-bond donors (Lipinski definition) is 1. The number of fused-ring (bicyclic) bond motifs is 3. The van der Waals surface area contributed by atoms with Gasteiger partial charge in [0.1, 0.15) is 11.3 Å². The SMILES string of the molecule is Cn1c2ccccc2c2c(C(=O)NCc3ccc(F)cc3Cl)cn(C3CCCC3)c(=O)c21. The lowest BCUT2D eigenvalue weighted by Crippen LogP contribution is -2.29. The van der Waals surface area contributed by atoms with Crippen molar-refractivity contribution in [3.8, 4) is 0 Å². The van der Waals surface area contributed by atoms with Crippen molar-refractivity contribution in [3.05, 3.63) is 81.0 Å². The van der Waals surface area contributed by atoms with Gasteiger partial charge in [0.15, 0.2) is 0 Å². The van der Waals surface area contributed by atoms with Gasteiger partial charge in [0.25, 0.3) is 11.5 Å². The van der Waals surface area contributed by atoms with Gasteiger partial charge in [0.05, 0.1) is 5.56 Å². The lowest BCUT2D eigenvalue weighted by Gasteiger charge is -2.17. The van der Waals surface area contributed by atoms with Crippen LogP contribution in [0.4, 0.5) is 4.39 Å². The monoisotopic (exact) mass is 451 g/mol. The molecule has 32 heavy (non-hydrogen) atoms. The first-order valence-electron chi connectivity index (χ1n) is 10.8. The van der Waals surface area contributed by atoms with E-state index in [2.05, 4.69) is 5.32 Å². The molecule has 4 aromatic rings. The van der Waals surface area contributed by atoms with Crippen LogP contribution in [0, 0.1) is 5.82 Å². The maximum absolute atomic E-state index is 13.5. The molecule has 0 spiro atoms. The molecule has 1 N–H and O–H groups in total. The molecular weight excluding hydrogens is 429 g/mol. The van der Waals surface area contributed by atoms with Crippen molar-refractivity contribution in [2.45, 2.75) is 38.3 Å². The summed E-state index contributed by atoms with van der Waals surface area (Å²) in [6.07, 6.45) is 5.74. The summed E-state index contributed by atoms with van der Waals surface area (Å²) in [5, 5.41) is 4.69. The van der Waals surface area contributed by atoms with Gasteiger partial charge in [-0.3, -0.25) is 9.59 Å². The molecule has 1 amide bonds. The van der Waals surface area contributed by atoms with Gasteiger partial charge in [-0.25, -0.2) is 4.39 Å². The van der Waals surface area contributed by atoms with Crippen LogP contribution in [0.3, 0.4) is 0 Å². The van der Waals surface area contributed by atoms with Gasteiger partial charge in [-0.2, -0.15) is 0 Å². The smallest absolute Gasteiger partial charge is 0.275 e. The molecule has 0 aliphatic heterocycles. The van der Waals surface area contributed by atoms with Gasteiger partial charge in [-0.15, -0.1) is 0 Å². The Morgan fingerprint density at radius 3 is 2.69 bits per heavy atom. The second-order valence-corrected chi connectivity index (χ2v) is 8.82. The number of hydrogen-bond acceptors (Lipinski definition) is 2. The standard InChI is InChI=1S/C25H23ClFN3O2/c1-29-21-9-5-4-8-18(21)22-19(14-30(25(32)23(22)29)17-6-2-3-7-17)24(31)28-13-15-10-11-16(27)12-20(15)26/h4-5,8-12,14,17H,2-3,6-7,13H2,1H3,(H,28,31). The lowest BCUT2D eigenvalue weighted by molar-refractivity contribution is 0.0951. The predicted octanol–water partition coefficient (Wildman–Crippen LogP) is 5.33. The van der Waals surface area contributed by atoms with E-state index in [1.54, 1.807) is 16.8 Å². The second kappa shape index (κ2) is 8.10. The first-order chi connectivity index (χ1) is 15.5. The van der Waals surface area contributed by atoms with Crippen molar-refractivity contribution >= 4 is 39.3 Å². The number of nitrogens with one attached hydrogen (secondary N) is 1. The Balaban J connectivity index is 1.65. The van der Waals surface area contributed by atoms with E-state index in [4.69, 9.17) is 11.6 Å². The molecule has 5 rings (SSSR count). The molecule has 0 radical (unpaired) electrons. The van der Waals surface area contributed by atoms with E-state index in [0.717, 1.165) is 36.6 Å². The molecular formula is C25H23ClFN3O2. The normalized spacial score (nSPS) is 14.5. The topological polar surface area (TPSA) is 56.0 Å². The van der Waals surface area contributed by atoms with Crippen LogP contribution in [0.5, 0.6) is 0 Å². The minimum absolute atomic E-state index is 0.0660. The first kappa shape index (κ1) is 20.8. The van der Waals surface area contributed by atoms with Crippen molar-refractivity contribution in [2.75, 3.05) is 0 Å². The van der Waals surface area contributed by atoms with Crippen molar-refractivity contribution in [1.29, 1.82) is 0 Å². The fraction of sp³-hybridized carbons (Fsp3) is 0.280. The largest absolute Gasteiger partial charge is 0.348 e. The highest BCUT2D eigenvalue weighted by Gasteiger charge is 2.25. The first-order valence-corrected chi connectivity index (χ1v) is 11.2. The maximum Gasteiger partial charge on any atom is 0.275 e. The van der Waals surface area contributed by atoms with E-state index in [1.165, 1.54) is 12.1 Å². The highest BCUT2D eigenvalue weighted by molar-refractivity contribution is 6.31. The molecule has 0 unspecified atom stereocenters. The quantitative estimate of drug-likeness (QED) is 0.456. The Morgan fingerprint density at radius 2 is 1.94 bits per heavy atom. The molecule has 1 aliphatic rings. The Morgan fingerprint density at radius 1 is 1.19 bits per heavy atom. The van der Waals surface area contributed by atoms with Crippen LogP contribution in [-0.2, 0) is 13.6 Å². The Labute approximate surface area is 189 Å². The summed E-state index contributed by atoms with van der Waals surface area (Å²) in [4.78, 5) is 26.9. The van der Waals surface area contributed by atoms with Gasteiger partial charge in [0.2, 0.25) is 0 Å². The molecule has 1 saturated carbocycles. The zero-order valence-corrected chi connectivity index (χ0v) is 18.5. The van der Waals surface area contributed by atoms with Gasteiger partial charge in [-0.05, 0) is 36.6 Å². The Kier molecular flexibility index (Phi) is 5.25. The Hall–Kier alpha value is -3.12. The van der Waals surface area contributed by atoms with E-state index in [-0.39, 0.29) is 29.1 Å². The number of aryl methyl sites for hydroxylation is 1. The molecule has 2 aromatic carbocycles. The summed E-state index contributed by atoms with van der Waals surface area (Å²) >= 11 is 6.13. The number of rotatable bonds is 4. The third-order valence-electron chi connectivity index (χ3n) is 6.50. The number of nitrogens with zero attached hydrogens (tertiary/aromatic N) is 2. The van der Waals surface area contributed by atoms with E-state index < -0.39 is 5.82 Å². The van der Waals surface area contributed by atoms with Gasteiger partial charge < -0.3 is 14.5 Å². The minimum Gasteiger partial charge on any atom is -0.348 e.